The van der Waals surface area contributed by atoms with Crippen LogP contribution in [0.1, 0.15) is 22.6 Å². The molecule has 1 heterocycles. The highest BCUT2D eigenvalue weighted by Gasteiger charge is 2.32. The monoisotopic (exact) mass is 478 g/mol. The third-order valence-electron chi connectivity index (χ3n) is 5.45. The molecule has 0 aromatic heterocycles. The summed E-state index contributed by atoms with van der Waals surface area (Å²) in [5.74, 6) is 0.739. The lowest BCUT2D eigenvalue weighted by Crippen LogP contribution is -2.21. The van der Waals surface area contributed by atoms with Crippen molar-refractivity contribution in [1.82, 2.24) is 0 Å². The van der Waals surface area contributed by atoms with Gasteiger partial charge in [-0.1, -0.05) is 29.8 Å². The number of nitrogens with zero attached hydrogens (tertiary/aromatic N) is 1. The van der Waals surface area contributed by atoms with Gasteiger partial charge in [0, 0.05) is 11.6 Å². The predicted octanol–water partition coefficient (Wildman–Crippen LogP) is 4.00. The first-order chi connectivity index (χ1) is 16.3. The highest BCUT2D eigenvalue weighted by Crippen LogP contribution is 2.45. The number of ether oxygens (including phenoxy) is 3. The first kappa shape index (κ1) is 23.0. The normalized spacial score (nSPS) is 15.1. The summed E-state index contributed by atoms with van der Waals surface area (Å²) in [6.45, 7) is 1.86. The number of allylic oxidation sites excluding steroid dienone is 1. The highest BCUT2D eigenvalue weighted by molar-refractivity contribution is 7.87. The lowest BCUT2D eigenvalue weighted by atomic mass is 9.83. The molecule has 0 saturated carbocycles. The molecule has 0 aliphatic carbocycles. The Bertz CT molecular complexity index is 1420. The van der Waals surface area contributed by atoms with E-state index < -0.39 is 16.0 Å². The second-order valence-corrected chi connectivity index (χ2v) is 9.14. The summed E-state index contributed by atoms with van der Waals surface area (Å²) in [5, 5.41) is 9.77. The van der Waals surface area contributed by atoms with E-state index in [9.17, 15) is 13.7 Å². The number of aryl methyl sites for hydroxylation is 1. The highest BCUT2D eigenvalue weighted by atomic mass is 32.2. The van der Waals surface area contributed by atoms with Crippen LogP contribution in [0.4, 0.5) is 0 Å². The number of rotatable bonds is 6. The Morgan fingerprint density at radius 2 is 1.68 bits per heavy atom. The van der Waals surface area contributed by atoms with Gasteiger partial charge in [-0.2, -0.15) is 13.7 Å². The predicted molar refractivity (Wildman–Crippen MR) is 124 cm³/mol. The fourth-order valence-corrected chi connectivity index (χ4v) is 4.67. The van der Waals surface area contributed by atoms with Crippen LogP contribution < -0.4 is 24.1 Å². The van der Waals surface area contributed by atoms with Crippen molar-refractivity contribution in [3.63, 3.8) is 0 Å². The molecule has 4 rings (SSSR count). The zero-order chi connectivity index (χ0) is 24.5. The Hall–Kier alpha value is -4.16. The third-order valence-corrected chi connectivity index (χ3v) is 6.71. The standard InChI is InChI=1S/C25H22N2O6S/c1-15-4-8-18(9-5-15)34(28,29)33-17-7-10-19-22(13-17)32-25(27)20(14-26)24(19)16-6-11-21(30-2)23(12-16)31-3/h4-13,24H,27H2,1-3H3. The molecule has 174 valence electrons. The molecule has 9 heteroatoms. The van der Waals surface area contributed by atoms with Crippen LogP contribution in [0.15, 0.2) is 77.0 Å². The minimum atomic E-state index is -4.05. The van der Waals surface area contributed by atoms with E-state index in [0.29, 0.717) is 17.1 Å². The van der Waals surface area contributed by atoms with Crippen LogP contribution in [-0.2, 0) is 10.1 Å². The van der Waals surface area contributed by atoms with E-state index in [1.807, 2.05) is 6.92 Å². The van der Waals surface area contributed by atoms with Crippen molar-refractivity contribution in [2.45, 2.75) is 17.7 Å². The molecule has 3 aromatic carbocycles. The fourth-order valence-electron chi connectivity index (χ4n) is 3.74. The van der Waals surface area contributed by atoms with Crippen LogP contribution in [0, 0.1) is 18.3 Å². The van der Waals surface area contributed by atoms with Crippen molar-refractivity contribution in [2.75, 3.05) is 14.2 Å². The first-order valence-corrected chi connectivity index (χ1v) is 11.6. The Balaban J connectivity index is 1.74. The Morgan fingerprint density at radius 3 is 2.32 bits per heavy atom. The molecule has 0 amide bonds. The summed E-state index contributed by atoms with van der Waals surface area (Å²) in [6.07, 6.45) is 0. The minimum absolute atomic E-state index is 0.0334. The first-order valence-electron chi connectivity index (χ1n) is 10.2. The van der Waals surface area contributed by atoms with Gasteiger partial charge in [0.1, 0.15) is 28.0 Å². The molecule has 0 saturated heterocycles. The number of fused-ring (bicyclic) bond motifs is 1. The number of methoxy groups -OCH3 is 2. The third kappa shape index (κ3) is 4.23. The van der Waals surface area contributed by atoms with E-state index in [1.165, 1.54) is 38.5 Å². The largest absolute Gasteiger partial charge is 0.493 e. The van der Waals surface area contributed by atoms with Crippen LogP contribution in [0.2, 0.25) is 0 Å². The molecule has 0 bridgehead atoms. The molecule has 1 unspecified atom stereocenters. The Morgan fingerprint density at radius 1 is 0.971 bits per heavy atom. The van der Waals surface area contributed by atoms with Crippen molar-refractivity contribution < 1.29 is 26.8 Å². The summed E-state index contributed by atoms with van der Waals surface area (Å²) in [4.78, 5) is 0.0334. The van der Waals surface area contributed by atoms with E-state index in [-0.39, 0.29) is 27.9 Å². The topological polar surface area (TPSA) is 121 Å². The molecule has 3 aromatic rings. The zero-order valence-corrected chi connectivity index (χ0v) is 19.5. The average Bonchev–Trinajstić information content (AvgIpc) is 2.82. The van der Waals surface area contributed by atoms with E-state index in [0.717, 1.165) is 11.1 Å². The number of nitriles is 1. The molecule has 0 spiro atoms. The van der Waals surface area contributed by atoms with Crippen molar-refractivity contribution in [3.8, 4) is 29.1 Å². The van der Waals surface area contributed by atoms with Gasteiger partial charge in [0.05, 0.1) is 20.1 Å². The number of hydrogen-bond acceptors (Lipinski definition) is 8. The van der Waals surface area contributed by atoms with Crippen molar-refractivity contribution in [3.05, 3.63) is 88.8 Å². The van der Waals surface area contributed by atoms with E-state index in [2.05, 4.69) is 6.07 Å². The summed E-state index contributed by atoms with van der Waals surface area (Å²) < 4.78 is 47.1. The molecule has 0 fully saturated rings. The lowest BCUT2D eigenvalue weighted by Gasteiger charge is -2.27. The lowest BCUT2D eigenvalue weighted by molar-refractivity contribution is 0.354. The molecule has 8 nitrogen and oxygen atoms in total. The van der Waals surface area contributed by atoms with Gasteiger partial charge >= 0.3 is 10.1 Å². The maximum absolute atomic E-state index is 12.7. The van der Waals surface area contributed by atoms with Gasteiger partial charge < -0.3 is 24.1 Å². The zero-order valence-electron chi connectivity index (χ0n) is 18.7. The van der Waals surface area contributed by atoms with Gasteiger partial charge in [0.2, 0.25) is 5.88 Å². The van der Waals surface area contributed by atoms with Gasteiger partial charge in [-0.05, 0) is 42.8 Å². The van der Waals surface area contributed by atoms with Crippen LogP contribution in [-0.4, -0.2) is 22.6 Å². The Kier molecular flexibility index (Phi) is 6.09. The van der Waals surface area contributed by atoms with Crippen LogP contribution in [0.5, 0.6) is 23.0 Å². The summed E-state index contributed by atoms with van der Waals surface area (Å²) >= 11 is 0. The molecule has 1 aliphatic rings. The second-order valence-electron chi connectivity index (χ2n) is 7.59. The molecule has 1 atom stereocenters. The molecular weight excluding hydrogens is 456 g/mol. The maximum Gasteiger partial charge on any atom is 0.339 e. The number of nitrogens with two attached hydrogens (primary N) is 1. The quantitative estimate of drug-likeness (QED) is 0.528. The number of hydrogen-bond donors (Lipinski definition) is 1. The second kappa shape index (κ2) is 9.00. The van der Waals surface area contributed by atoms with Crippen molar-refractivity contribution in [1.29, 1.82) is 5.26 Å². The molecule has 34 heavy (non-hydrogen) atoms. The Labute approximate surface area is 197 Å². The van der Waals surface area contributed by atoms with E-state index in [4.69, 9.17) is 24.1 Å². The average molecular weight is 479 g/mol. The number of benzene rings is 3. The van der Waals surface area contributed by atoms with Crippen LogP contribution in [0.3, 0.4) is 0 Å². The minimum Gasteiger partial charge on any atom is -0.493 e. The van der Waals surface area contributed by atoms with E-state index >= 15 is 0 Å². The maximum atomic E-state index is 12.7. The van der Waals surface area contributed by atoms with Gasteiger partial charge in [0.15, 0.2) is 11.5 Å². The van der Waals surface area contributed by atoms with Gasteiger partial charge in [-0.25, -0.2) is 0 Å². The van der Waals surface area contributed by atoms with Gasteiger partial charge in [-0.3, -0.25) is 0 Å². The SMILES string of the molecule is COc1ccc(C2C(C#N)=C(N)Oc3cc(OS(=O)(=O)c4ccc(C)cc4)ccc32)cc1OC. The molecular formula is C25H22N2O6S. The molecule has 0 radical (unpaired) electrons. The summed E-state index contributed by atoms with van der Waals surface area (Å²) in [6, 6.07) is 18.4. The summed E-state index contributed by atoms with van der Waals surface area (Å²) in [7, 11) is -0.995. The van der Waals surface area contributed by atoms with Gasteiger partial charge in [-0.15, -0.1) is 0 Å². The molecule has 2 N–H and O–H groups in total. The fraction of sp³-hybridized carbons (Fsp3) is 0.160. The van der Waals surface area contributed by atoms with Crippen molar-refractivity contribution >= 4 is 10.1 Å². The van der Waals surface area contributed by atoms with E-state index in [1.54, 1.807) is 36.4 Å². The van der Waals surface area contributed by atoms with Crippen molar-refractivity contribution in [2.24, 2.45) is 5.73 Å². The smallest absolute Gasteiger partial charge is 0.339 e. The van der Waals surface area contributed by atoms with Gasteiger partial charge in [0.25, 0.3) is 0 Å². The molecule has 1 aliphatic heterocycles. The summed E-state index contributed by atoms with van der Waals surface area (Å²) in [5.41, 5.74) is 8.56. The van der Waals surface area contributed by atoms with Crippen LogP contribution >= 0.6 is 0 Å². The van der Waals surface area contributed by atoms with Crippen LogP contribution in [0.25, 0.3) is 0 Å².